The van der Waals surface area contributed by atoms with Gasteiger partial charge in [-0.05, 0) is 108 Å². The van der Waals surface area contributed by atoms with E-state index in [1.54, 1.807) is 0 Å². The number of carboxylic acids is 1. The molecule has 1 N–H and O–H groups in total. The topological polar surface area (TPSA) is 55.8 Å². The molecule has 1 aliphatic heterocycles. The highest BCUT2D eigenvalue weighted by atomic mass is 32.2. The van der Waals surface area contributed by atoms with Crippen LogP contribution in [0.25, 0.3) is 11.1 Å². The average molecular weight is 477 g/mol. The van der Waals surface area contributed by atoms with Gasteiger partial charge in [-0.2, -0.15) is 11.8 Å². The first-order valence-electron chi connectivity index (χ1n) is 11.9. The molecule has 0 spiro atoms. The molecule has 0 radical (unpaired) electrons. The highest BCUT2D eigenvalue weighted by molar-refractivity contribution is 7.99. The van der Waals surface area contributed by atoms with Crippen LogP contribution in [0.4, 0.5) is 0 Å². The monoisotopic (exact) mass is 476 g/mol. The molecule has 5 heteroatoms. The number of aliphatic carboxylic acids is 1. The smallest absolute Gasteiger partial charge is 0.303 e. The molecule has 4 nitrogen and oxygen atoms in total. The van der Waals surface area contributed by atoms with Crippen LogP contribution in [0.5, 0.6) is 11.5 Å². The number of carbonyl (C=O) groups is 1. The van der Waals surface area contributed by atoms with Gasteiger partial charge >= 0.3 is 5.97 Å². The number of hydrogen-bond acceptors (Lipinski definition) is 4. The molecule has 178 valence electrons. The Kier molecular flexibility index (Phi) is 8.17. The number of benzene rings is 3. The van der Waals surface area contributed by atoms with Gasteiger partial charge in [-0.15, -0.1) is 0 Å². The Labute approximate surface area is 206 Å². The van der Waals surface area contributed by atoms with E-state index in [9.17, 15) is 4.79 Å². The summed E-state index contributed by atoms with van der Waals surface area (Å²) in [5.74, 6) is 3.34. The molecule has 3 aromatic rings. The summed E-state index contributed by atoms with van der Waals surface area (Å²) in [5, 5.41) is 8.83. The zero-order chi connectivity index (χ0) is 23.9. The van der Waals surface area contributed by atoms with Crippen molar-refractivity contribution in [1.29, 1.82) is 0 Å². The number of hydrogen-bond donors (Lipinski definition) is 1. The van der Waals surface area contributed by atoms with Crippen LogP contribution in [0.3, 0.4) is 0 Å². The van der Waals surface area contributed by atoms with Gasteiger partial charge in [-0.25, -0.2) is 0 Å². The van der Waals surface area contributed by atoms with E-state index in [1.807, 2.05) is 36.0 Å². The van der Waals surface area contributed by atoms with Crippen molar-refractivity contribution in [1.82, 2.24) is 0 Å². The lowest BCUT2D eigenvalue weighted by atomic mass is 9.94. The van der Waals surface area contributed by atoms with Crippen LogP contribution in [-0.4, -0.2) is 28.7 Å². The van der Waals surface area contributed by atoms with Gasteiger partial charge in [0.25, 0.3) is 0 Å². The zero-order valence-corrected chi connectivity index (χ0v) is 20.7. The van der Waals surface area contributed by atoms with Gasteiger partial charge in [0, 0.05) is 6.42 Å². The van der Waals surface area contributed by atoms with E-state index in [4.69, 9.17) is 14.6 Å². The molecule has 0 saturated carbocycles. The largest absolute Gasteiger partial charge is 0.490 e. The van der Waals surface area contributed by atoms with Gasteiger partial charge in [-0.1, -0.05) is 30.3 Å². The summed E-state index contributed by atoms with van der Waals surface area (Å²) in [6.07, 6.45) is 3.24. The summed E-state index contributed by atoms with van der Waals surface area (Å²) in [7, 11) is 0. The molecule has 1 aliphatic rings. The minimum Gasteiger partial charge on any atom is -0.490 e. The molecule has 1 heterocycles. The normalized spacial score (nSPS) is 14.1. The molecule has 0 aromatic heterocycles. The summed E-state index contributed by atoms with van der Waals surface area (Å²) in [6.45, 7) is 4.78. The van der Waals surface area contributed by atoms with Crippen LogP contribution in [0.2, 0.25) is 0 Å². The molecule has 0 aliphatic carbocycles. The third-order valence-corrected chi connectivity index (χ3v) is 7.20. The van der Waals surface area contributed by atoms with E-state index in [0.29, 0.717) is 19.1 Å². The van der Waals surface area contributed by atoms with Crippen LogP contribution in [0.15, 0.2) is 60.7 Å². The fourth-order valence-electron chi connectivity index (χ4n) is 4.42. The molecule has 1 fully saturated rings. The maximum absolute atomic E-state index is 10.7. The van der Waals surface area contributed by atoms with Crippen LogP contribution >= 0.6 is 11.8 Å². The second kappa shape index (κ2) is 11.5. The predicted molar refractivity (Wildman–Crippen MR) is 139 cm³/mol. The number of carboxylic acid groups (broad SMARTS) is 1. The Morgan fingerprint density at radius 3 is 2.32 bits per heavy atom. The van der Waals surface area contributed by atoms with E-state index in [0.717, 1.165) is 35.5 Å². The lowest BCUT2D eigenvalue weighted by molar-refractivity contribution is -0.136. The Hall–Kier alpha value is -2.92. The van der Waals surface area contributed by atoms with Crippen LogP contribution in [0, 0.1) is 13.8 Å². The zero-order valence-electron chi connectivity index (χ0n) is 19.9. The molecule has 3 aromatic carbocycles. The molecule has 4 rings (SSSR count). The highest BCUT2D eigenvalue weighted by Crippen LogP contribution is 2.33. The van der Waals surface area contributed by atoms with E-state index in [1.165, 1.54) is 33.8 Å². The summed E-state index contributed by atoms with van der Waals surface area (Å²) >= 11 is 2.01. The number of ether oxygens (including phenoxy) is 2. The first kappa shape index (κ1) is 24.2. The predicted octanol–water partition coefficient (Wildman–Crippen LogP) is 6.84. The van der Waals surface area contributed by atoms with Crippen molar-refractivity contribution in [2.24, 2.45) is 0 Å². The molecular formula is C29H32O4S. The van der Waals surface area contributed by atoms with E-state index in [2.05, 4.69) is 50.2 Å². The molecular weight excluding hydrogens is 444 g/mol. The molecule has 0 unspecified atom stereocenters. The van der Waals surface area contributed by atoms with Gasteiger partial charge in [0.1, 0.15) is 24.2 Å². The van der Waals surface area contributed by atoms with Gasteiger partial charge in [0.2, 0.25) is 0 Å². The molecule has 34 heavy (non-hydrogen) atoms. The molecule has 0 amide bonds. The van der Waals surface area contributed by atoms with Crippen molar-refractivity contribution in [2.45, 2.75) is 52.2 Å². The number of thioether (sulfide) groups is 1. The van der Waals surface area contributed by atoms with Crippen LogP contribution in [0.1, 0.15) is 41.5 Å². The van der Waals surface area contributed by atoms with Crippen molar-refractivity contribution >= 4 is 17.7 Å². The second-order valence-electron chi connectivity index (χ2n) is 8.89. The summed E-state index contributed by atoms with van der Waals surface area (Å²) in [6, 6.07) is 20.5. The highest BCUT2D eigenvalue weighted by Gasteiger charge is 2.16. The van der Waals surface area contributed by atoms with Crippen LogP contribution in [-0.2, 0) is 17.8 Å². The summed E-state index contributed by atoms with van der Waals surface area (Å²) in [4.78, 5) is 10.7. The number of aryl methyl sites for hydroxylation is 3. The first-order chi connectivity index (χ1) is 16.5. The van der Waals surface area contributed by atoms with Crippen LogP contribution < -0.4 is 9.47 Å². The third-order valence-electron chi connectivity index (χ3n) is 6.15. The molecule has 1 saturated heterocycles. The Morgan fingerprint density at radius 2 is 1.65 bits per heavy atom. The first-order valence-corrected chi connectivity index (χ1v) is 13.0. The van der Waals surface area contributed by atoms with Gasteiger partial charge in [0.15, 0.2) is 0 Å². The minimum absolute atomic E-state index is 0.138. The maximum Gasteiger partial charge on any atom is 0.303 e. The van der Waals surface area contributed by atoms with Gasteiger partial charge in [0.05, 0.1) is 0 Å². The van der Waals surface area contributed by atoms with Crippen molar-refractivity contribution in [2.75, 3.05) is 11.5 Å². The standard InChI is InChI=1S/C29H32O4S/c1-20-16-27(33-26-12-14-34-15-13-26)17-21(2)29(20)24-5-3-4-23(18-24)19-32-25-9-6-22(7-10-25)8-11-28(30)31/h3-7,9-10,16-18,26H,8,11-15,19H2,1-2H3,(H,30,31). The Bertz CT molecular complexity index is 1090. The Morgan fingerprint density at radius 1 is 0.941 bits per heavy atom. The van der Waals surface area contributed by atoms with Crippen molar-refractivity contribution in [3.63, 3.8) is 0 Å². The Balaban J connectivity index is 1.42. The maximum atomic E-state index is 10.7. The van der Waals surface area contributed by atoms with E-state index in [-0.39, 0.29) is 6.42 Å². The van der Waals surface area contributed by atoms with E-state index < -0.39 is 5.97 Å². The quantitative estimate of drug-likeness (QED) is 0.366. The number of rotatable bonds is 9. The van der Waals surface area contributed by atoms with Crippen molar-refractivity contribution < 1.29 is 19.4 Å². The van der Waals surface area contributed by atoms with Gasteiger partial charge < -0.3 is 14.6 Å². The molecule has 0 bridgehead atoms. The van der Waals surface area contributed by atoms with Crippen molar-refractivity contribution in [3.8, 4) is 22.6 Å². The average Bonchev–Trinajstić information content (AvgIpc) is 2.82. The van der Waals surface area contributed by atoms with Gasteiger partial charge in [-0.3, -0.25) is 4.79 Å². The lowest BCUT2D eigenvalue weighted by Crippen LogP contribution is -2.22. The summed E-state index contributed by atoms with van der Waals surface area (Å²) in [5.41, 5.74) is 6.96. The third kappa shape index (κ3) is 6.57. The molecule has 0 atom stereocenters. The fourth-order valence-corrected chi connectivity index (χ4v) is 5.48. The summed E-state index contributed by atoms with van der Waals surface area (Å²) < 4.78 is 12.3. The van der Waals surface area contributed by atoms with E-state index >= 15 is 0 Å². The SMILES string of the molecule is Cc1cc(OC2CCSCC2)cc(C)c1-c1cccc(COc2ccc(CCC(=O)O)cc2)c1. The lowest BCUT2D eigenvalue weighted by Gasteiger charge is -2.24. The van der Waals surface area contributed by atoms with Crippen molar-refractivity contribution in [3.05, 3.63) is 82.9 Å². The second-order valence-corrected chi connectivity index (χ2v) is 10.1. The fraction of sp³-hybridized carbons (Fsp3) is 0.345. The minimum atomic E-state index is -0.781.